The number of aromatic nitrogens is 1. The summed E-state index contributed by atoms with van der Waals surface area (Å²) >= 11 is 0. The van der Waals surface area contributed by atoms with Gasteiger partial charge in [-0.3, -0.25) is 19.2 Å². The van der Waals surface area contributed by atoms with Gasteiger partial charge in [0.15, 0.2) is 0 Å². The molecule has 50 heavy (non-hydrogen) atoms. The van der Waals surface area contributed by atoms with E-state index in [2.05, 4.69) is 16.3 Å². The van der Waals surface area contributed by atoms with E-state index in [4.69, 9.17) is 9.47 Å². The summed E-state index contributed by atoms with van der Waals surface area (Å²) in [4.78, 5) is 49.2. The van der Waals surface area contributed by atoms with Gasteiger partial charge >= 0.3 is 12.3 Å². The summed E-state index contributed by atoms with van der Waals surface area (Å²) in [6, 6.07) is 6.21. The number of cyclic esters (lactones) is 1. The predicted molar refractivity (Wildman–Crippen MR) is 178 cm³/mol. The van der Waals surface area contributed by atoms with Crippen LogP contribution in [0.3, 0.4) is 0 Å². The molecule has 4 aliphatic rings. The minimum Gasteiger partial charge on any atom is -0.472 e. The molecule has 4 bridgehead atoms. The normalized spacial score (nSPS) is 26.5. The lowest BCUT2D eigenvalue weighted by Crippen LogP contribution is -2.61. The van der Waals surface area contributed by atoms with E-state index in [1.54, 1.807) is 6.20 Å². The average molecular weight is 719 g/mol. The number of halogens is 3. The molecule has 2 unspecified atom stereocenters. The summed E-state index contributed by atoms with van der Waals surface area (Å²) in [5, 5.41) is 0.933. The van der Waals surface area contributed by atoms with Crippen molar-refractivity contribution in [2.75, 3.05) is 19.7 Å². The number of ether oxygens (including phenoxy) is 2. The highest BCUT2D eigenvalue weighted by atomic mass is 32.2. The highest BCUT2D eigenvalue weighted by Crippen LogP contribution is 2.52. The number of alkyl halides is 3. The van der Waals surface area contributed by atoms with E-state index in [1.165, 1.54) is 11.0 Å². The zero-order valence-corrected chi connectivity index (χ0v) is 28.4. The third-order valence-electron chi connectivity index (χ3n) is 9.81. The third-order valence-corrected chi connectivity index (χ3v) is 11.6. The first kappa shape index (κ1) is 35.7. The van der Waals surface area contributed by atoms with Gasteiger partial charge in [0.05, 0.1) is 18.4 Å². The standard InChI is InChI=1S/C35H41F3N4O7S/c1-2-25-21-34(25,32(44)40-50(46,47)27-12-13-27)42-29(9-7-16-35(36,37)38)31(43)41-18-15-26(22-41)49-30-28-20-23(10-11-24(28)14-17-39-30)8-5-3-4-6-19-48-33(42)45/h2,5,8,10-11,14,17,20,25-27,29H,1,3-4,6-7,9,12-13,15-16,18-19,21-22H2,(H,40,44)/t25-,26?,29?,34-/m1/s1. The number of nitrogens with zero attached hydrogens (tertiary/aromatic N) is 3. The topological polar surface area (TPSA) is 135 Å². The molecule has 1 aromatic carbocycles. The van der Waals surface area contributed by atoms with Gasteiger partial charge in [0.2, 0.25) is 21.8 Å². The summed E-state index contributed by atoms with van der Waals surface area (Å²) in [5.74, 6) is -2.11. The minimum absolute atomic E-state index is 0.0509. The van der Waals surface area contributed by atoms with Gasteiger partial charge in [0.25, 0.3) is 5.91 Å². The summed E-state index contributed by atoms with van der Waals surface area (Å²) in [6.07, 6.45) is 1.38. The molecule has 15 heteroatoms. The van der Waals surface area contributed by atoms with Crippen LogP contribution in [0.4, 0.5) is 18.0 Å². The maximum atomic E-state index is 14.4. The van der Waals surface area contributed by atoms with Crippen LogP contribution < -0.4 is 9.46 Å². The zero-order chi connectivity index (χ0) is 35.7. The molecule has 1 aromatic heterocycles. The van der Waals surface area contributed by atoms with Crippen molar-refractivity contribution >= 4 is 44.8 Å². The van der Waals surface area contributed by atoms with Crippen LogP contribution in [0.25, 0.3) is 16.8 Å². The number of amides is 3. The Kier molecular flexibility index (Phi) is 10.2. The molecule has 2 aliphatic heterocycles. The molecule has 4 atom stereocenters. The number of carbonyl (C=O) groups is 3. The molecule has 2 aromatic rings. The van der Waals surface area contributed by atoms with E-state index in [0.29, 0.717) is 44.4 Å². The smallest absolute Gasteiger partial charge is 0.411 e. The van der Waals surface area contributed by atoms with E-state index in [-0.39, 0.29) is 26.1 Å². The predicted octanol–water partition coefficient (Wildman–Crippen LogP) is 5.50. The van der Waals surface area contributed by atoms with E-state index in [9.17, 15) is 36.0 Å². The lowest BCUT2D eigenvalue weighted by molar-refractivity contribution is -0.144. The molecule has 11 nitrogen and oxygen atoms in total. The van der Waals surface area contributed by atoms with Crippen molar-refractivity contribution in [1.29, 1.82) is 0 Å². The maximum absolute atomic E-state index is 14.4. The van der Waals surface area contributed by atoms with Crippen molar-refractivity contribution in [3.8, 4) is 5.88 Å². The molecule has 6 rings (SSSR count). The van der Waals surface area contributed by atoms with Crippen LogP contribution in [0.15, 0.2) is 49.2 Å². The number of rotatable bonds is 8. The fourth-order valence-electron chi connectivity index (χ4n) is 6.87. The molecule has 1 N–H and O–H groups in total. The summed E-state index contributed by atoms with van der Waals surface area (Å²) < 4.78 is 80.0. The average Bonchev–Trinajstić information content (AvgIpc) is 3.99. The van der Waals surface area contributed by atoms with Crippen LogP contribution in [0, 0.1) is 5.92 Å². The van der Waals surface area contributed by atoms with Gasteiger partial charge in [0, 0.05) is 36.9 Å². The first-order chi connectivity index (χ1) is 23.8. The van der Waals surface area contributed by atoms with Crippen LogP contribution in [-0.4, -0.2) is 89.9 Å². The number of nitrogens with one attached hydrogen (secondary N) is 1. The van der Waals surface area contributed by atoms with Crippen molar-refractivity contribution in [3.05, 3.63) is 54.8 Å². The highest BCUT2D eigenvalue weighted by Gasteiger charge is 2.67. The monoisotopic (exact) mass is 718 g/mol. The van der Waals surface area contributed by atoms with Crippen molar-refractivity contribution in [3.63, 3.8) is 0 Å². The Hall–Kier alpha value is -4.14. The number of hydrogen-bond acceptors (Lipinski definition) is 8. The van der Waals surface area contributed by atoms with Gasteiger partial charge in [0.1, 0.15) is 17.7 Å². The lowest BCUT2D eigenvalue weighted by Gasteiger charge is -2.38. The Morgan fingerprint density at radius 2 is 1.96 bits per heavy atom. The second kappa shape index (κ2) is 14.2. The van der Waals surface area contributed by atoms with Gasteiger partial charge < -0.3 is 14.4 Å². The van der Waals surface area contributed by atoms with Gasteiger partial charge in [-0.05, 0) is 74.4 Å². The Balaban J connectivity index is 1.36. The molecule has 0 spiro atoms. The molecule has 1 saturated heterocycles. The van der Waals surface area contributed by atoms with Gasteiger partial charge in [-0.25, -0.2) is 18.2 Å². The number of benzene rings is 1. The van der Waals surface area contributed by atoms with Crippen molar-refractivity contribution < 1.29 is 45.4 Å². The second-order valence-electron chi connectivity index (χ2n) is 13.5. The van der Waals surface area contributed by atoms with Crippen molar-refractivity contribution in [2.24, 2.45) is 5.92 Å². The molecule has 3 amide bonds. The van der Waals surface area contributed by atoms with Crippen LogP contribution in [-0.2, 0) is 24.3 Å². The first-order valence-electron chi connectivity index (χ1n) is 17.0. The fourth-order valence-corrected chi connectivity index (χ4v) is 8.23. The molecule has 2 saturated carbocycles. The molecular weight excluding hydrogens is 677 g/mol. The maximum Gasteiger partial charge on any atom is 0.411 e. The van der Waals surface area contributed by atoms with E-state index >= 15 is 0 Å². The van der Waals surface area contributed by atoms with E-state index in [0.717, 1.165) is 21.2 Å². The molecular formula is C35H41F3N4O7S. The number of hydrogen-bond donors (Lipinski definition) is 1. The Bertz CT molecular complexity index is 1780. The SMILES string of the molecule is C=C[C@@H]1C[C@@]1(C(=O)NS(=O)(=O)C1CC1)N1C(=O)OCCCCC=Cc2ccc3ccnc(c3c2)OC2CCN(C2)C(=O)C1CCCC(F)(F)F. The van der Waals surface area contributed by atoms with Crippen molar-refractivity contribution in [1.82, 2.24) is 19.5 Å². The van der Waals surface area contributed by atoms with E-state index in [1.807, 2.05) is 36.4 Å². The van der Waals surface area contributed by atoms with E-state index < -0.39 is 82.2 Å². The molecule has 3 heterocycles. The highest BCUT2D eigenvalue weighted by molar-refractivity contribution is 7.91. The van der Waals surface area contributed by atoms with Gasteiger partial charge in [-0.2, -0.15) is 13.2 Å². The second-order valence-corrected chi connectivity index (χ2v) is 15.4. The minimum atomic E-state index is -4.54. The zero-order valence-electron chi connectivity index (χ0n) is 27.6. The molecule has 270 valence electrons. The van der Waals surface area contributed by atoms with Crippen LogP contribution in [0.1, 0.15) is 69.8 Å². The van der Waals surface area contributed by atoms with Gasteiger partial charge in [-0.1, -0.05) is 30.4 Å². The van der Waals surface area contributed by atoms with Crippen LogP contribution in [0.5, 0.6) is 5.88 Å². The number of carbonyl (C=O) groups excluding carboxylic acids is 3. The Morgan fingerprint density at radius 3 is 2.68 bits per heavy atom. The number of sulfonamides is 1. The lowest BCUT2D eigenvalue weighted by atomic mass is 10.0. The summed E-state index contributed by atoms with van der Waals surface area (Å²) in [6.45, 7) is 3.88. The largest absolute Gasteiger partial charge is 0.472 e. The number of pyridine rings is 1. The first-order valence-corrected chi connectivity index (χ1v) is 18.6. The summed E-state index contributed by atoms with van der Waals surface area (Å²) in [7, 11) is -4.08. The summed E-state index contributed by atoms with van der Waals surface area (Å²) in [5.41, 5.74) is -0.964. The quantitative estimate of drug-likeness (QED) is 0.354. The molecule has 3 fully saturated rings. The van der Waals surface area contributed by atoms with Gasteiger partial charge in [-0.15, -0.1) is 6.58 Å². The molecule has 0 radical (unpaired) electrons. The fraction of sp³-hybridized carbons (Fsp3) is 0.543. The van der Waals surface area contributed by atoms with Crippen LogP contribution >= 0.6 is 0 Å². The Labute approximate surface area is 288 Å². The van der Waals surface area contributed by atoms with Crippen LogP contribution in [0.2, 0.25) is 0 Å². The molecule has 2 aliphatic carbocycles. The third kappa shape index (κ3) is 7.77. The number of allylic oxidation sites excluding steroid dienone is 1. The van der Waals surface area contributed by atoms with Crippen molar-refractivity contribution in [2.45, 2.75) is 93.3 Å². The number of fused-ring (bicyclic) bond motifs is 3. The Morgan fingerprint density at radius 1 is 1.16 bits per heavy atom.